The maximum absolute atomic E-state index is 12.9. The largest absolute Gasteiger partial charge is 0.495 e. The van der Waals surface area contributed by atoms with Crippen LogP contribution < -0.4 is 20.7 Å². The van der Waals surface area contributed by atoms with Gasteiger partial charge >= 0.3 is 0 Å². The van der Waals surface area contributed by atoms with Gasteiger partial charge in [-0.05, 0) is 86.2 Å². The predicted molar refractivity (Wildman–Crippen MR) is 149 cm³/mol. The van der Waals surface area contributed by atoms with Gasteiger partial charge in [-0.25, -0.2) is 0 Å². The summed E-state index contributed by atoms with van der Waals surface area (Å²) in [6.07, 6.45) is 0.647. The van der Waals surface area contributed by atoms with Gasteiger partial charge in [0.15, 0.2) is 10.9 Å². The molecule has 182 valence electrons. The molecule has 0 aliphatic carbocycles. The van der Waals surface area contributed by atoms with Crippen LogP contribution in [0.25, 0.3) is 0 Å². The zero-order chi connectivity index (χ0) is 25.4. The number of amides is 1. The summed E-state index contributed by atoms with van der Waals surface area (Å²) >= 11 is 13.1. The Balaban J connectivity index is 1.60. The first-order valence-electron chi connectivity index (χ1n) is 10.9. The average molecular weight is 528 g/mol. The van der Waals surface area contributed by atoms with Crippen LogP contribution in [0.15, 0.2) is 71.6 Å². The van der Waals surface area contributed by atoms with E-state index >= 15 is 0 Å². The summed E-state index contributed by atoms with van der Waals surface area (Å²) in [5.41, 5.74) is 2.83. The molecule has 0 heterocycles. The fourth-order valence-corrected chi connectivity index (χ4v) is 4.69. The Morgan fingerprint density at radius 1 is 0.971 bits per heavy atom. The van der Waals surface area contributed by atoms with E-state index in [0.29, 0.717) is 33.6 Å². The molecule has 0 aliphatic heterocycles. The topological polar surface area (TPSA) is 79.5 Å². The molecule has 3 aromatic carbocycles. The van der Waals surface area contributed by atoms with E-state index in [-0.39, 0.29) is 16.9 Å². The Hall–Kier alpha value is -3.07. The van der Waals surface area contributed by atoms with E-state index in [9.17, 15) is 9.59 Å². The van der Waals surface area contributed by atoms with E-state index in [1.54, 1.807) is 49.6 Å². The molecule has 3 N–H and O–H groups in total. The number of benzene rings is 3. The highest BCUT2D eigenvalue weighted by molar-refractivity contribution is 8.00. The molecule has 6 nitrogen and oxygen atoms in total. The van der Waals surface area contributed by atoms with E-state index in [1.807, 2.05) is 31.2 Å². The smallest absolute Gasteiger partial charge is 0.237 e. The van der Waals surface area contributed by atoms with Gasteiger partial charge in [-0.2, -0.15) is 0 Å². The van der Waals surface area contributed by atoms with Crippen molar-refractivity contribution in [3.63, 3.8) is 0 Å². The second-order valence-corrected chi connectivity index (χ2v) is 9.69. The minimum absolute atomic E-state index is 0.0124. The fourth-order valence-electron chi connectivity index (χ4n) is 3.18. The van der Waals surface area contributed by atoms with Gasteiger partial charge in [0.25, 0.3) is 0 Å². The Morgan fingerprint density at radius 3 is 2.26 bits per heavy atom. The Bertz CT molecular complexity index is 1220. The summed E-state index contributed by atoms with van der Waals surface area (Å²) in [5, 5.41) is 9.75. The van der Waals surface area contributed by atoms with Crippen LogP contribution in [-0.2, 0) is 4.79 Å². The summed E-state index contributed by atoms with van der Waals surface area (Å²) in [4.78, 5) is 25.2. The molecule has 0 aromatic heterocycles. The molecule has 3 rings (SSSR count). The average Bonchev–Trinajstić information content (AvgIpc) is 2.83. The van der Waals surface area contributed by atoms with Crippen LogP contribution in [0.3, 0.4) is 0 Å². The van der Waals surface area contributed by atoms with Gasteiger partial charge in [0, 0.05) is 27.5 Å². The normalized spacial score (nSPS) is 11.3. The summed E-state index contributed by atoms with van der Waals surface area (Å²) in [6.45, 7) is 3.50. The number of hydrogen-bond acceptors (Lipinski definition) is 5. The molecule has 35 heavy (non-hydrogen) atoms. The molecule has 3 aromatic rings. The van der Waals surface area contributed by atoms with Gasteiger partial charge < -0.3 is 20.7 Å². The minimum atomic E-state index is -0.295. The number of rotatable bonds is 9. The maximum Gasteiger partial charge on any atom is 0.237 e. The monoisotopic (exact) mass is 527 g/mol. The van der Waals surface area contributed by atoms with Crippen molar-refractivity contribution in [3.8, 4) is 5.75 Å². The van der Waals surface area contributed by atoms with Crippen molar-refractivity contribution < 1.29 is 14.3 Å². The first kappa shape index (κ1) is 26.5. The minimum Gasteiger partial charge on any atom is -0.495 e. The molecule has 0 aliphatic rings. The lowest BCUT2D eigenvalue weighted by molar-refractivity contribution is -0.115. The number of ketones is 1. The lowest BCUT2D eigenvalue weighted by Crippen LogP contribution is -2.24. The van der Waals surface area contributed by atoms with Crippen LogP contribution in [0, 0.1) is 0 Å². The SMILES string of the molecule is CCC(Sc1cccc(NC(=S)Nc2ccc(C(C)=O)cc2)c1)C(=O)Nc1ccc(OC)c(Cl)c1. The van der Waals surface area contributed by atoms with E-state index in [2.05, 4.69) is 16.0 Å². The third-order valence-electron chi connectivity index (χ3n) is 5.00. The van der Waals surface area contributed by atoms with Crippen molar-refractivity contribution in [2.45, 2.75) is 30.4 Å². The number of carbonyl (C=O) groups excluding carboxylic acids is 2. The first-order valence-corrected chi connectivity index (χ1v) is 12.6. The Kier molecular flexibility index (Phi) is 9.54. The molecule has 1 atom stereocenters. The number of carbonyl (C=O) groups is 2. The summed E-state index contributed by atoms with van der Waals surface area (Å²) < 4.78 is 5.16. The molecule has 1 amide bonds. The number of anilines is 3. The van der Waals surface area contributed by atoms with E-state index in [0.717, 1.165) is 16.3 Å². The highest BCUT2D eigenvalue weighted by Crippen LogP contribution is 2.30. The number of ether oxygens (including phenoxy) is 1. The Labute approximate surface area is 219 Å². The van der Waals surface area contributed by atoms with Gasteiger partial charge in [0.1, 0.15) is 5.75 Å². The molecule has 0 fully saturated rings. The van der Waals surface area contributed by atoms with Gasteiger partial charge in [-0.3, -0.25) is 9.59 Å². The zero-order valence-corrected chi connectivity index (χ0v) is 21.9. The maximum atomic E-state index is 12.9. The number of Topliss-reactive ketones (excluding diaryl/α,β-unsaturated/α-hetero) is 1. The van der Waals surface area contributed by atoms with E-state index in [1.165, 1.54) is 18.7 Å². The molecule has 1 unspecified atom stereocenters. The highest BCUT2D eigenvalue weighted by Gasteiger charge is 2.19. The summed E-state index contributed by atoms with van der Waals surface area (Å²) in [5.74, 6) is 0.456. The molecule has 0 bridgehead atoms. The van der Waals surface area contributed by atoms with Crippen LogP contribution in [0.4, 0.5) is 17.1 Å². The van der Waals surface area contributed by atoms with Gasteiger partial charge in [-0.1, -0.05) is 24.6 Å². The van der Waals surface area contributed by atoms with Crippen molar-refractivity contribution >= 4 is 69.4 Å². The van der Waals surface area contributed by atoms with Gasteiger partial charge in [0.2, 0.25) is 5.91 Å². The van der Waals surface area contributed by atoms with Crippen molar-refractivity contribution in [1.29, 1.82) is 0 Å². The number of halogens is 1. The van der Waals surface area contributed by atoms with Crippen molar-refractivity contribution in [2.75, 3.05) is 23.1 Å². The van der Waals surface area contributed by atoms with Crippen molar-refractivity contribution in [2.24, 2.45) is 0 Å². The van der Waals surface area contributed by atoms with Crippen LogP contribution in [0.1, 0.15) is 30.6 Å². The van der Waals surface area contributed by atoms with Gasteiger partial charge in [-0.15, -0.1) is 11.8 Å². The zero-order valence-electron chi connectivity index (χ0n) is 19.6. The number of hydrogen-bond donors (Lipinski definition) is 3. The first-order chi connectivity index (χ1) is 16.8. The van der Waals surface area contributed by atoms with E-state index in [4.69, 9.17) is 28.6 Å². The van der Waals surface area contributed by atoms with Crippen LogP contribution >= 0.6 is 35.6 Å². The number of methoxy groups -OCH3 is 1. The third kappa shape index (κ3) is 7.71. The highest BCUT2D eigenvalue weighted by atomic mass is 35.5. The fraction of sp³-hybridized carbons (Fsp3) is 0.192. The lowest BCUT2D eigenvalue weighted by Gasteiger charge is -2.16. The second-order valence-electron chi connectivity index (χ2n) is 7.59. The van der Waals surface area contributed by atoms with E-state index < -0.39 is 0 Å². The van der Waals surface area contributed by atoms with Crippen molar-refractivity contribution in [1.82, 2.24) is 0 Å². The molecular weight excluding hydrogens is 502 g/mol. The quantitative estimate of drug-likeness (QED) is 0.159. The van der Waals surface area contributed by atoms with Crippen LogP contribution in [0.2, 0.25) is 5.02 Å². The molecule has 0 saturated carbocycles. The van der Waals surface area contributed by atoms with Crippen LogP contribution in [-0.4, -0.2) is 29.2 Å². The number of thiocarbonyl (C=S) groups is 1. The summed E-state index contributed by atoms with van der Waals surface area (Å²) in [7, 11) is 1.54. The predicted octanol–water partition coefficient (Wildman–Crippen LogP) is 6.87. The third-order valence-corrected chi connectivity index (χ3v) is 6.86. The second kappa shape index (κ2) is 12.6. The van der Waals surface area contributed by atoms with Gasteiger partial charge in [0.05, 0.1) is 17.4 Å². The van der Waals surface area contributed by atoms with Crippen molar-refractivity contribution in [3.05, 3.63) is 77.3 Å². The lowest BCUT2D eigenvalue weighted by atomic mass is 10.1. The standard InChI is InChI=1S/C26H26ClN3O3S2/c1-4-24(25(32)28-20-12-13-23(33-3)22(27)15-20)35-21-7-5-6-19(14-21)30-26(34)29-18-10-8-17(9-11-18)16(2)31/h5-15,24H,4H2,1-3H3,(H,28,32)(H2,29,30,34). The molecule has 9 heteroatoms. The molecule has 0 saturated heterocycles. The van der Waals surface area contributed by atoms with Crippen LogP contribution in [0.5, 0.6) is 5.75 Å². The number of thioether (sulfide) groups is 1. The summed E-state index contributed by atoms with van der Waals surface area (Å²) in [6, 6.07) is 19.9. The Morgan fingerprint density at radius 2 is 1.63 bits per heavy atom. The number of nitrogens with one attached hydrogen (secondary N) is 3. The molecular formula is C26H26ClN3O3S2. The molecule has 0 radical (unpaired) electrons. The molecule has 0 spiro atoms.